The molecule has 0 aromatic carbocycles. The van der Waals surface area contributed by atoms with E-state index >= 15 is 0 Å². The van der Waals surface area contributed by atoms with Gasteiger partial charge in [0, 0.05) is 13.2 Å². The molecule has 2 heterocycles. The van der Waals surface area contributed by atoms with E-state index < -0.39 is 0 Å². The third kappa shape index (κ3) is 1.72. The van der Waals surface area contributed by atoms with E-state index in [2.05, 4.69) is 15.3 Å². The van der Waals surface area contributed by atoms with Gasteiger partial charge in [0.05, 0.1) is 0 Å². The van der Waals surface area contributed by atoms with Crippen LogP contribution in [-0.4, -0.2) is 28.1 Å². The van der Waals surface area contributed by atoms with Gasteiger partial charge in [0.15, 0.2) is 5.65 Å². The minimum Gasteiger partial charge on any atom is -0.319 e. The number of likely N-dealkylation sites (N-methyl/N-ethyl adjacent to an activating group) is 1. The van der Waals surface area contributed by atoms with Crippen molar-refractivity contribution in [1.29, 1.82) is 0 Å². The van der Waals surface area contributed by atoms with Crippen LogP contribution in [0.2, 0.25) is 0 Å². The number of aromatic nitrogens is 3. The Morgan fingerprint density at radius 1 is 1.47 bits per heavy atom. The first-order valence-electron chi connectivity index (χ1n) is 5.15. The third-order valence-corrected chi connectivity index (χ3v) is 2.71. The monoisotopic (exact) mass is 204 g/mol. The smallest absolute Gasteiger partial charge is 0.159 e. The molecule has 4 heteroatoms. The zero-order valence-corrected chi connectivity index (χ0v) is 9.41. The molecular weight excluding hydrogens is 188 g/mol. The predicted octanol–water partition coefficient (Wildman–Crippen LogP) is 1.04. The van der Waals surface area contributed by atoms with Crippen LogP contribution in [0.3, 0.4) is 0 Å². The van der Waals surface area contributed by atoms with Gasteiger partial charge in [-0.15, -0.1) is 0 Å². The molecule has 0 atom stereocenters. The maximum atomic E-state index is 4.54. The summed E-state index contributed by atoms with van der Waals surface area (Å²) in [5.41, 5.74) is 3.27. The summed E-state index contributed by atoms with van der Waals surface area (Å²) in [6.45, 7) is 2.97. The van der Waals surface area contributed by atoms with E-state index in [0.717, 1.165) is 30.0 Å². The Hall–Kier alpha value is -1.42. The van der Waals surface area contributed by atoms with Gasteiger partial charge in [-0.25, -0.2) is 9.97 Å². The van der Waals surface area contributed by atoms with E-state index in [1.54, 1.807) is 0 Å². The highest BCUT2D eigenvalue weighted by molar-refractivity contribution is 5.75. The van der Waals surface area contributed by atoms with Gasteiger partial charge in [0.2, 0.25) is 0 Å². The molecule has 0 saturated heterocycles. The Morgan fingerprint density at radius 3 is 3.00 bits per heavy atom. The first-order valence-corrected chi connectivity index (χ1v) is 5.15. The number of aryl methyl sites for hydroxylation is 2. The first kappa shape index (κ1) is 10.1. The van der Waals surface area contributed by atoms with Crippen LogP contribution in [0.4, 0.5) is 0 Å². The molecule has 0 radical (unpaired) electrons. The Bertz CT molecular complexity index is 473. The molecule has 0 aliphatic rings. The highest BCUT2D eigenvalue weighted by atomic mass is 15.1. The van der Waals surface area contributed by atoms with E-state index in [1.165, 1.54) is 5.56 Å². The average molecular weight is 204 g/mol. The molecule has 15 heavy (non-hydrogen) atoms. The van der Waals surface area contributed by atoms with Crippen LogP contribution in [0, 0.1) is 6.92 Å². The van der Waals surface area contributed by atoms with E-state index in [9.17, 15) is 0 Å². The summed E-state index contributed by atoms with van der Waals surface area (Å²) in [6.07, 6.45) is 2.85. The average Bonchev–Trinajstić information content (AvgIpc) is 2.53. The van der Waals surface area contributed by atoms with Crippen molar-refractivity contribution in [2.24, 2.45) is 7.05 Å². The molecule has 0 bridgehead atoms. The maximum absolute atomic E-state index is 4.54. The van der Waals surface area contributed by atoms with Crippen molar-refractivity contribution in [2.45, 2.75) is 13.3 Å². The van der Waals surface area contributed by atoms with Crippen LogP contribution < -0.4 is 5.32 Å². The molecule has 0 aliphatic carbocycles. The Kier molecular flexibility index (Phi) is 2.68. The number of hydrogen-bond acceptors (Lipinski definition) is 3. The van der Waals surface area contributed by atoms with Gasteiger partial charge >= 0.3 is 0 Å². The fourth-order valence-corrected chi connectivity index (χ4v) is 1.70. The molecule has 0 fully saturated rings. The van der Waals surface area contributed by atoms with Gasteiger partial charge in [-0.1, -0.05) is 0 Å². The fraction of sp³-hybridized carbons (Fsp3) is 0.455. The number of nitrogens with one attached hydrogen (secondary N) is 1. The Morgan fingerprint density at radius 2 is 2.27 bits per heavy atom. The molecule has 4 nitrogen and oxygen atoms in total. The summed E-state index contributed by atoms with van der Waals surface area (Å²) in [5, 5.41) is 3.15. The van der Waals surface area contributed by atoms with Gasteiger partial charge in [-0.05, 0) is 38.6 Å². The van der Waals surface area contributed by atoms with Crippen molar-refractivity contribution >= 4 is 11.2 Å². The largest absolute Gasteiger partial charge is 0.319 e. The minimum atomic E-state index is 0.967. The molecule has 0 unspecified atom stereocenters. The highest BCUT2D eigenvalue weighted by Gasteiger charge is 2.08. The van der Waals surface area contributed by atoms with Crippen molar-refractivity contribution in [3.05, 3.63) is 23.7 Å². The van der Waals surface area contributed by atoms with Crippen LogP contribution in [0.5, 0.6) is 0 Å². The summed E-state index contributed by atoms with van der Waals surface area (Å²) in [4.78, 5) is 8.89. The lowest BCUT2D eigenvalue weighted by atomic mass is 10.2. The van der Waals surface area contributed by atoms with Crippen molar-refractivity contribution in [2.75, 3.05) is 13.6 Å². The lowest BCUT2D eigenvalue weighted by Gasteiger charge is -2.01. The standard InChI is InChI=1S/C11H16N4/c1-8-14-10-9(4-6-12-2)5-7-13-11(10)15(8)3/h5,7,12H,4,6H2,1-3H3. The molecular formula is C11H16N4. The van der Waals surface area contributed by atoms with Crippen LogP contribution in [0.15, 0.2) is 12.3 Å². The number of pyridine rings is 1. The van der Waals surface area contributed by atoms with Crippen molar-refractivity contribution in [1.82, 2.24) is 19.9 Å². The number of nitrogens with zero attached hydrogens (tertiary/aromatic N) is 3. The van der Waals surface area contributed by atoms with E-state index in [-0.39, 0.29) is 0 Å². The van der Waals surface area contributed by atoms with Gasteiger partial charge in [-0.3, -0.25) is 0 Å². The molecule has 80 valence electrons. The summed E-state index contributed by atoms with van der Waals surface area (Å²) >= 11 is 0. The summed E-state index contributed by atoms with van der Waals surface area (Å²) in [5.74, 6) is 1.01. The molecule has 0 saturated carbocycles. The van der Waals surface area contributed by atoms with Crippen LogP contribution in [0.1, 0.15) is 11.4 Å². The van der Waals surface area contributed by atoms with Gasteiger partial charge in [-0.2, -0.15) is 0 Å². The second-order valence-electron chi connectivity index (χ2n) is 3.71. The number of imidazole rings is 1. The summed E-state index contributed by atoms with van der Waals surface area (Å²) in [6, 6.07) is 2.05. The lowest BCUT2D eigenvalue weighted by molar-refractivity contribution is 0.793. The van der Waals surface area contributed by atoms with E-state index in [0.29, 0.717) is 0 Å². The Balaban J connectivity index is 2.51. The molecule has 0 amide bonds. The quantitative estimate of drug-likeness (QED) is 0.812. The van der Waals surface area contributed by atoms with Crippen molar-refractivity contribution in [3.63, 3.8) is 0 Å². The van der Waals surface area contributed by atoms with Crippen molar-refractivity contribution < 1.29 is 0 Å². The maximum Gasteiger partial charge on any atom is 0.159 e. The topological polar surface area (TPSA) is 42.7 Å². The van der Waals surface area contributed by atoms with Gasteiger partial charge < -0.3 is 9.88 Å². The number of hydrogen-bond donors (Lipinski definition) is 1. The molecule has 0 aliphatic heterocycles. The predicted molar refractivity (Wildman–Crippen MR) is 60.9 cm³/mol. The first-order chi connectivity index (χ1) is 7.24. The highest BCUT2D eigenvalue weighted by Crippen LogP contribution is 2.16. The van der Waals surface area contributed by atoms with Gasteiger partial charge in [0.25, 0.3) is 0 Å². The molecule has 0 spiro atoms. The number of rotatable bonds is 3. The lowest BCUT2D eigenvalue weighted by Crippen LogP contribution is -2.10. The minimum absolute atomic E-state index is 0.967. The zero-order valence-electron chi connectivity index (χ0n) is 9.41. The molecule has 2 rings (SSSR count). The molecule has 1 N–H and O–H groups in total. The second kappa shape index (κ2) is 3.98. The third-order valence-electron chi connectivity index (χ3n) is 2.71. The van der Waals surface area contributed by atoms with Crippen molar-refractivity contribution in [3.8, 4) is 0 Å². The molecule has 2 aromatic rings. The molecule has 2 aromatic heterocycles. The van der Waals surface area contributed by atoms with Gasteiger partial charge in [0.1, 0.15) is 11.3 Å². The fourth-order valence-electron chi connectivity index (χ4n) is 1.70. The number of fused-ring (bicyclic) bond motifs is 1. The Labute approximate surface area is 89.3 Å². The van der Waals surface area contributed by atoms with E-state index in [4.69, 9.17) is 0 Å². The summed E-state index contributed by atoms with van der Waals surface area (Å²) < 4.78 is 2.03. The van der Waals surface area contributed by atoms with Crippen LogP contribution >= 0.6 is 0 Å². The SMILES string of the molecule is CNCCc1ccnc2c1nc(C)n2C. The normalized spacial score (nSPS) is 11.1. The second-order valence-corrected chi connectivity index (χ2v) is 3.71. The van der Waals surface area contributed by atoms with E-state index in [1.807, 2.05) is 37.8 Å². The van der Waals surface area contributed by atoms with Crippen LogP contribution in [0.25, 0.3) is 11.2 Å². The summed E-state index contributed by atoms with van der Waals surface area (Å²) in [7, 11) is 3.96. The van der Waals surface area contributed by atoms with Crippen LogP contribution in [-0.2, 0) is 13.5 Å². The zero-order chi connectivity index (χ0) is 10.8.